The second-order valence-corrected chi connectivity index (χ2v) is 9.96. The van der Waals surface area contributed by atoms with Crippen molar-refractivity contribution in [3.63, 3.8) is 0 Å². The van der Waals surface area contributed by atoms with E-state index in [9.17, 15) is 4.79 Å². The van der Waals surface area contributed by atoms with E-state index in [2.05, 4.69) is 31.8 Å². The standard InChI is InChI=1S/C29H35NO5/c1-6-29(4)20-30(27(31)26-19-34-28(2,3)35-26)18-23(29)22-14-15-24(32-5)25(17-22)33-16-10-13-21-11-8-7-9-12-21/h7-9,11-12,14-15,17,23,26H,6,16,18-20H2,1-5H3. The zero-order valence-electron chi connectivity index (χ0n) is 21.3. The second kappa shape index (κ2) is 10.3. The molecule has 3 atom stereocenters. The van der Waals surface area contributed by atoms with E-state index < -0.39 is 11.9 Å². The molecular formula is C29H35NO5. The number of carbonyl (C=O) groups is 1. The molecule has 0 aromatic heterocycles. The quantitative estimate of drug-likeness (QED) is 0.569. The second-order valence-electron chi connectivity index (χ2n) is 9.96. The largest absolute Gasteiger partial charge is 0.493 e. The molecule has 2 aromatic rings. The van der Waals surface area contributed by atoms with Crippen LogP contribution in [0.15, 0.2) is 48.5 Å². The third-order valence-corrected chi connectivity index (χ3v) is 7.10. The summed E-state index contributed by atoms with van der Waals surface area (Å²) in [6.07, 6.45) is 0.391. The van der Waals surface area contributed by atoms with Gasteiger partial charge >= 0.3 is 0 Å². The minimum atomic E-state index is -0.723. The van der Waals surface area contributed by atoms with Crippen LogP contribution in [0.1, 0.15) is 51.2 Å². The van der Waals surface area contributed by atoms with E-state index in [-0.39, 0.29) is 23.8 Å². The Morgan fingerprint density at radius 3 is 2.57 bits per heavy atom. The van der Waals surface area contributed by atoms with Gasteiger partial charge in [0, 0.05) is 24.6 Å². The Morgan fingerprint density at radius 2 is 1.91 bits per heavy atom. The Kier molecular flexibility index (Phi) is 7.39. The van der Waals surface area contributed by atoms with Crippen molar-refractivity contribution in [1.29, 1.82) is 0 Å². The predicted octanol–water partition coefficient (Wildman–Crippen LogP) is 4.62. The highest BCUT2D eigenvalue weighted by molar-refractivity contribution is 5.82. The molecule has 4 rings (SSSR count). The van der Waals surface area contributed by atoms with Crippen LogP contribution in [0.2, 0.25) is 0 Å². The van der Waals surface area contributed by atoms with Crippen molar-refractivity contribution in [2.75, 3.05) is 33.4 Å². The van der Waals surface area contributed by atoms with Gasteiger partial charge in [-0.15, -0.1) is 0 Å². The van der Waals surface area contributed by atoms with Crippen LogP contribution in [0, 0.1) is 17.3 Å². The number of methoxy groups -OCH3 is 1. The van der Waals surface area contributed by atoms with Gasteiger partial charge in [-0.05, 0) is 55.5 Å². The number of ether oxygens (including phenoxy) is 4. The van der Waals surface area contributed by atoms with Gasteiger partial charge in [-0.1, -0.05) is 50.0 Å². The molecule has 0 bridgehead atoms. The van der Waals surface area contributed by atoms with Gasteiger partial charge in [0.1, 0.15) is 6.61 Å². The summed E-state index contributed by atoms with van der Waals surface area (Å²) in [6, 6.07) is 15.9. The van der Waals surface area contributed by atoms with Gasteiger partial charge in [-0.3, -0.25) is 4.79 Å². The molecule has 1 amide bonds. The van der Waals surface area contributed by atoms with E-state index in [1.165, 1.54) is 0 Å². The number of hydrogen-bond donors (Lipinski definition) is 0. The maximum atomic E-state index is 13.2. The third-order valence-electron chi connectivity index (χ3n) is 7.10. The average Bonchev–Trinajstić information content (AvgIpc) is 3.41. The van der Waals surface area contributed by atoms with E-state index >= 15 is 0 Å². The van der Waals surface area contributed by atoms with Gasteiger partial charge in [0.05, 0.1) is 13.7 Å². The Morgan fingerprint density at radius 1 is 1.14 bits per heavy atom. The van der Waals surface area contributed by atoms with Crippen molar-refractivity contribution in [3.8, 4) is 23.3 Å². The smallest absolute Gasteiger partial charge is 0.254 e. The van der Waals surface area contributed by atoms with Crippen LogP contribution < -0.4 is 9.47 Å². The maximum absolute atomic E-state index is 13.2. The molecule has 3 unspecified atom stereocenters. The fraction of sp³-hybridized carbons (Fsp3) is 0.483. The molecule has 2 fully saturated rings. The van der Waals surface area contributed by atoms with Gasteiger partial charge in [0.15, 0.2) is 23.4 Å². The normalized spacial score (nSPS) is 25.1. The number of carbonyl (C=O) groups excluding carboxylic acids is 1. The van der Waals surface area contributed by atoms with Gasteiger partial charge in [-0.25, -0.2) is 0 Å². The molecule has 0 spiro atoms. The number of likely N-dealkylation sites (tertiary alicyclic amines) is 1. The van der Waals surface area contributed by atoms with Crippen LogP contribution in [0.25, 0.3) is 0 Å². The first kappa shape index (κ1) is 25.1. The van der Waals surface area contributed by atoms with Crippen molar-refractivity contribution >= 4 is 5.91 Å². The number of nitrogens with zero attached hydrogens (tertiary/aromatic N) is 1. The summed E-state index contributed by atoms with van der Waals surface area (Å²) in [6.45, 7) is 9.96. The highest BCUT2D eigenvalue weighted by Crippen LogP contribution is 2.47. The van der Waals surface area contributed by atoms with E-state index in [1.54, 1.807) is 7.11 Å². The van der Waals surface area contributed by atoms with Crippen molar-refractivity contribution in [1.82, 2.24) is 4.90 Å². The number of amides is 1. The molecule has 0 N–H and O–H groups in total. The summed E-state index contributed by atoms with van der Waals surface area (Å²) < 4.78 is 23.0. The Bertz CT molecular complexity index is 1100. The van der Waals surface area contributed by atoms with E-state index in [0.29, 0.717) is 31.2 Å². The molecule has 2 saturated heterocycles. The molecule has 2 aliphatic rings. The van der Waals surface area contributed by atoms with Crippen molar-refractivity contribution in [2.45, 2.75) is 51.9 Å². The number of benzene rings is 2. The van der Waals surface area contributed by atoms with Crippen molar-refractivity contribution in [2.24, 2.45) is 5.41 Å². The molecular weight excluding hydrogens is 442 g/mol. The Hall–Kier alpha value is -3.01. The summed E-state index contributed by atoms with van der Waals surface area (Å²) in [5.41, 5.74) is 2.01. The van der Waals surface area contributed by atoms with Crippen molar-refractivity contribution in [3.05, 3.63) is 59.7 Å². The van der Waals surface area contributed by atoms with Crippen LogP contribution in [0.5, 0.6) is 11.5 Å². The first-order valence-corrected chi connectivity index (χ1v) is 12.2. The first-order valence-electron chi connectivity index (χ1n) is 12.2. The lowest BCUT2D eigenvalue weighted by Gasteiger charge is -2.29. The van der Waals surface area contributed by atoms with Crippen LogP contribution in [0.3, 0.4) is 0 Å². The van der Waals surface area contributed by atoms with Gasteiger partial charge in [0.2, 0.25) is 0 Å². The average molecular weight is 478 g/mol. The summed E-state index contributed by atoms with van der Waals surface area (Å²) in [5, 5.41) is 0. The molecule has 35 heavy (non-hydrogen) atoms. The molecule has 2 aromatic carbocycles. The third kappa shape index (κ3) is 5.63. The zero-order valence-corrected chi connectivity index (χ0v) is 21.3. The first-order chi connectivity index (χ1) is 16.7. The van der Waals surface area contributed by atoms with E-state index in [4.69, 9.17) is 18.9 Å². The summed E-state index contributed by atoms with van der Waals surface area (Å²) in [5.74, 6) is 6.94. The molecule has 6 nitrogen and oxygen atoms in total. The minimum absolute atomic E-state index is 0.000999. The van der Waals surface area contributed by atoms with Crippen LogP contribution >= 0.6 is 0 Å². The lowest BCUT2D eigenvalue weighted by atomic mass is 9.74. The molecule has 186 valence electrons. The lowest BCUT2D eigenvalue weighted by Crippen LogP contribution is -2.40. The summed E-state index contributed by atoms with van der Waals surface area (Å²) in [7, 11) is 1.63. The molecule has 0 radical (unpaired) electrons. The van der Waals surface area contributed by atoms with Crippen LogP contribution in [0.4, 0.5) is 0 Å². The SMILES string of the molecule is CCC1(C)CN(C(=O)C2COC(C)(C)O2)CC1c1ccc(OC)c(OCC#Cc2ccccc2)c1. The lowest BCUT2D eigenvalue weighted by molar-refractivity contribution is -0.159. The van der Waals surface area contributed by atoms with Gasteiger partial charge < -0.3 is 23.8 Å². The van der Waals surface area contributed by atoms with Crippen molar-refractivity contribution < 1.29 is 23.7 Å². The monoisotopic (exact) mass is 477 g/mol. The molecule has 0 aliphatic carbocycles. The molecule has 0 saturated carbocycles. The number of hydrogen-bond acceptors (Lipinski definition) is 5. The highest BCUT2D eigenvalue weighted by Gasteiger charge is 2.47. The highest BCUT2D eigenvalue weighted by atomic mass is 16.7. The van der Waals surface area contributed by atoms with Gasteiger partial charge in [0.25, 0.3) is 5.91 Å². The predicted molar refractivity (Wildman–Crippen MR) is 134 cm³/mol. The van der Waals surface area contributed by atoms with Crippen LogP contribution in [-0.4, -0.2) is 56.1 Å². The maximum Gasteiger partial charge on any atom is 0.254 e. The van der Waals surface area contributed by atoms with Gasteiger partial charge in [-0.2, -0.15) is 0 Å². The molecule has 2 aliphatic heterocycles. The summed E-state index contributed by atoms with van der Waals surface area (Å²) >= 11 is 0. The molecule has 6 heteroatoms. The number of rotatable bonds is 6. The Balaban J connectivity index is 1.50. The fourth-order valence-corrected chi connectivity index (χ4v) is 4.89. The zero-order chi connectivity index (χ0) is 25.1. The fourth-order valence-electron chi connectivity index (χ4n) is 4.89. The Labute approximate surface area is 208 Å². The minimum Gasteiger partial charge on any atom is -0.493 e. The van der Waals surface area contributed by atoms with Crippen LogP contribution in [-0.2, 0) is 14.3 Å². The van der Waals surface area contributed by atoms with E-state index in [0.717, 1.165) is 17.5 Å². The summed E-state index contributed by atoms with van der Waals surface area (Å²) in [4.78, 5) is 15.2. The topological polar surface area (TPSA) is 57.2 Å². The van der Waals surface area contributed by atoms with E-state index in [1.807, 2.05) is 61.2 Å². The molecule has 2 heterocycles.